The lowest BCUT2D eigenvalue weighted by atomic mass is 9.96. The van der Waals surface area contributed by atoms with Gasteiger partial charge in [0.2, 0.25) is 12.7 Å². The maximum atomic E-state index is 13.9. The van der Waals surface area contributed by atoms with Crippen LogP contribution in [0.1, 0.15) is 66.6 Å². The van der Waals surface area contributed by atoms with Gasteiger partial charge in [0, 0.05) is 50.1 Å². The number of benzene rings is 3. The summed E-state index contributed by atoms with van der Waals surface area (Å²) in [6.45, 7) is 7.22. The van der Waals surface area contributed by atoms with Crippen molar-refractivity contribution in [3.05, 3.63) is 119 Å². The summed E-state index contributed by atoms with van der Waals surface area (Å²) in [7, 11) is 0. The molecule has 0 saturated carbocycles. The van der Waals surface area contributed by atoms with E-state index in [4.69, 9.17) is 9.47 Å². The Morgan fingerprint density at radius 3 is 2.31 bits per heavy atom. The van der Waals surface area contributed by atoms with Crippen LogP contribution in [0.2, 0.25) is 0 Å². The van der Waals surface area contributed by atoms with Crippen molar-refractivity contribution in [2.75, 3.05) is 19.9 Å². The average Bonchev–Trinajstić information content (AvgIpc) is 3.61. The van der Waals surface area contributed by atoms with Gasteiger partial charge in [-0.25, -0.2) is 4.39 Å². The van der Waals surface area contributed by atoms with Crippen LogP contribution in [0.15, 0.2) is 90.9 Å². The average molecular weight is 614 g/mol. The van der Waals surface area contributed by atoms with Gasteiger partial charge in [-0.2, -0.15) is 0 Å². The quantitative estimate of drug-likeness (QED) is 0.240. The van der Waals surface area contributed by atoms with Crippen molar-refractivity contribution in [1.29, 1.82) is 0 Å². The second-order valence-electron chi connectivity index (χ2n) is 12.0. The van der Waals surface area contributed by atoms with Crippen molar-refractivity contribution in [3.8, 4) is 0 Å². The van der Waals surface area contributed by atoms with Gasteiger partial charge in [0.15, 0.2) is 5.76 Å². The summed E-state index contributed by atoms with van der Waals surface area (Å²) in [4.78, 5) is 31.8. The Morgan fingerprint density at radius 2 is 1.64 bits per heavy atom. The maximum absolute atomic E-state index is 13.9. The lowest BCUT2D eigenvalue weighted by Crippen LogP contribution is -2.48. The van der Waals surface area contributed by atoms with E-state index in [0.29, 0.717) is 24.3 Å². The number of likely N-dealkylation sites (tertiary alicyclic amines) is 1. The van der Waals surface area contributed by atoms with Gasteiger partial charge >= 0.3 is 0 Å². The van der Waals surface area contributed by atoms with E-state index >= 15 is 0 Å². The van der Waals surface area contributed by atoms with Gasteiger partial charge < -0.3 is 19.7 Å². The van der Waals surface area contributed by atoms with E-state index in [2.05, 4.69) is 29.0 Å². The molecule has 7 nitrogen and oxygen atoms in total. The molecule has 1 saturated heterocycles. The van der Waals surface area contributed by atoms with E-state index in [1.165, 1.54) is 12.1 Å². The first-order valence-corrected chi connectivity index (χ1v) is 16.1. The molecule has 3 aromatic carbocycles. The van der Waals surface area contributed by atoms with E-state index in [1.807, 2.05) is 60.7 Å². The maximum Gasteiger partial charge on any atom is 0.251 e. The molecule has 1 atom stereocenters. The molecule has 238 valence electrons. The number of piperidine rings is 1. The van der Waals surface area contributed by atoms with E-state index < -0.39 is 0 Å². The first-order valence-electron chi connectivity index (χ1n) is 16.1. The number of carbonyl (C=O) groups excluding carboxylic acids is 2. The molecular formula is C37H44FN3O4. The molecule has 8 heteroatoms. The highest BCUT2D eigenvalue weighted by molar-refractivity contribution is 5.94. The fraction of sp³-hybridized carbons (Fsp3) is 0.405. The summed E-state index contributed by atoms with van der Waals surface area (Å²) in [5, 5.41) is 3.14. The molecular weight excluding hydrogens is 569 g/mol. The molecule has 3 aromatic rings. The van der Waals surface area contributed by atoms with Gasteiger partial charge in [-0.1, -0.05) is 68.4 Å². The van der Waals surface area contributed by atoms with Gasteiger partial charge in [-0.05, 0) is 66.6 Å². The molecule has 2 amide bonds. The highest BCUT2D eigenvalue weighted by atomic mass is 19.1. The Labute approximate surface area is 266 Å². The third-order valence-electron chi connectivity index (χ3n) is 8.90. The fourth-order valence-electron chi connectivity index (χ4n) is 6.25. The Morgan fingerprint density at radius 1 is 0.933 bits per heavy atom. The van der Waals surface area contributed by atoms with Gasteiger partial charge in [0.25, 0.3) is 5.91 Å². The molecule has 0 bridgehead atoms. The van der Waals surface area contributed by atoms with Crippen LogP contribution in [0.25, 0.3) is 0 Å². The zero-order valence-corrected chi connectivity index (χ0v) is 26.3. The third kappa shape index (κ3) is 8.72. The van der Waals surface area contributed by atoms with Crippen LogP contribution in [0, 0.1) is 11.7 Å². The lowest BCUT2D eigenvalue weighted by Gasteiger charge is -2.40. The van der Waals surface area contributed by atoms with Gasteiger partial charge in [-0.15, -0.1) is 0 Å². The van der Waals surface area contributed by atoms with Crippen LogP contribution in [0.3, 0.4) is 0 Å². The molecule has 45 heavy (non-hydrogen) atoms. The summed E-state index contributed by atoms with van der Waals surface area (Å²) >= 11 is 0. The zero-order chi connectivity index (χ0) is 31.6. The van der Waals surface area contributed by atoms with Crippen molar-refractivity contribution in [3.63, 3.8) is 0 Å². The smallest absolute Gasteiger partial charge is 0.251 e. The number of nitrogens with one attached hydrogen (secondary N) is 1. The van der Waals surface area contributed by atoms with E-state index in [0.717, 1.165) is 62.0 Å². The number of nitrogens with zero attached hydrogens (tertiary/aromatic N) is 2. The third-order valence-corrected chi connectivity index (χ3v) is 8.90. The number of rotatable bonds is 13. The monoisotopic (exact) mass is 613 g/mol. The molecule has 5 rings (SSSR count). The number of hydrogen-bond acceptors (Lipinski definition) is 5. The number of halogens is 1. The normalized spacial score (nSPS) is 16.0. The standard InChI is InChI=1S/C37H44FN3O4/c1-3-30(4-2)37(43)41(33-17-19-40(20-18-33)23-28-13-15-32(38)16-14-28)24-29-11-8-12-31(21-29)36(42)39-34(35-25-44-26-45-35)22-27-9-6-5-7-10-27/h5-16,21,25,30,33-34H,3-4,17-20,22-24,26H2,1-2H3,(H,39,42). The molecule has 1 fully saturated rings. The van der Waals surface area contributed by atoms with Crippen molar-refractivity contribution in [2.45, 2.75) is 71.1 Å². The Hall–Kier alpha value is -4.17. The van der Waals surface area contributed by atoms with Gasteiger partial charge in [0.05, 0.1) is 6.04 Å². The van der Waals surface area contributed by atoms with Crippen molar-refractivity contribution in [2.24, 2.45) is 5.92 Å². The van der Waals surface area contributed by atoms with Crippen LogP contribution in [-0.4, -0.2) is 53.6 Å². The van der Waals surface area contributed by atoms with Crippen molar-refractivity contribution in [1.82, 2.24) is 15.1 Å². The van der Waals surface area contributed by atoms with Crippen LogP contribution < -0.4 is 5.32 Å². The highest BCUT2D eigenvalue weighted by Gasteiger charge is 2.31. The number of carbonyl (C=O) groups is 2. The van der Waals surface area contributed by atoms with Gasteiger partial charge in [-0.3, -0.25) is 14.5 Å². The van der Waals surface area contributed by atoms with Crippen molar-refractivity contribution < 1.29 is 23.5 Å². The Bertz CT molecular complexity index is 1430. The number of hydrogen-bond donors (Lipinski definition) is 1. The second-order valence-corrected chi connectivity index (χ2v) is 12.0. The van der Waals surface area contributed by atoms with Crippen LogP contribution in [0.4, 0.5) is 4.39 Å². The zero-order valence-electron chi connectivity index (χ0n) is 26.3. The molecule has 0 radical (unpaired) electrons. The summed E-state index contributed by atoms with van der Waals surface area (Å²) < 4.78 is 24.3. The molecule has 1 unspecified atom stereocenters. The predicted octanol–water partition coefficient (Wildman–Crippen LogP) is 6.44. The molecule has 0 aromatic heterocycles. The summed E-state index contributed by atoms with van der Waals surface area (Å²) in [6, 6.07) is 24.0. The first kappa shape index (κ1) is 32.2. The summed E-state index contributed by atoms with van der Waals surface area (Å²) in [5.41, 5.74) is 3.63. The molecule has 2 aliphatic heterocycles. The largest absolute Gasteiger partial charge is 0.462 e. The molecule has 2 heterocycles. The van der Waals surface area contributed by atoms with Crippen LogP contribution in [0.5, 0.6) is 0 Å². The van der Waals surface area contributed by atoms with E-state index in [-0.39, 0.29) is 42.4 Å². The highest BCUT2D eigenvalue weighted by Crippen LogP contribution is 2.25. The first-order chi connectivity index (χ1) is 21.9. The van der Waals surface area contributed by atoms with E-state index in [9.17, 15) is 14.0 Å². The molecule has 0 spiro atoms. The molecule has 1 N–H and O–H groups in total. The minimum atomic E-state index is -0.376. The van der Waals surface area contributed by atoms with Crippen LogP contribution in [-0.2, 0) is 33.8 Å². The topological polar surface area (TPSA) is 71.1 Å². The predicted molar refractivity (Wildman–Crippen MR) is 172 cm³/mol. The number of amides is 2. The SMILES string of the molecule is CCC(CC)C(=O)N(Cc1cccc(C(=O)NC(Cc2ccccc2)C2=COCO2)c1)C1CCN(Cc2ccc(F)cc2)CC1. The summed E-state index contributed by atoms with van der Waals surface area (Å²) in [5.74, 6) is 0.308. The van der Waals surface area contributed by atoms with Gasteiger partial charge in [0.1, 0.15) is 12.1 Å². The Kier molecular flexibility index (Phi) is 11.3. The fourth-order valence-corrected chi connectivity index (χ4v) is 6.25. The van der Waals surface area contributed by atoms with Crippen molar-refractivity contribution >= 4 is 11.8 Å². The number of ether oxygens (including phenoxy) is 2. The molecule has 0 aliphatic carbocycles. The summed E-state index contributed by atoms with van der Waals surface area (Å²) in [6.07, 6.45) is 5.46. The minimum absolute atomic E-state index is 0.0330. The van der Waals surface area contributed by atoms with Crippen LogP contribution >= 0.6 is 0 Å². The van der Waals surface area contributed by atoms with E-state index in [1.54, 1.807) is 12.3 Å². The molecule has 2 aliphatic rings. The second kappa shape index (κ2) is 15.7. The minimum Gasteiger partial charge on any atom is -0.462 e. The Balaban J connectivity index is 1.28. The lowest BCUT2D eigenvalue weighted by molar-refractivity contribution is -0.140.